The molecule has 9 aliphatic rings. The van der Waals surface area contributed by atoms with Crippen LogP contribution in [0.5, 0.6) is 0 Å². The molecule has 0 saturated carbocycles. The Kier molecular flexibility index (Phi) is 40.7. The van der Waals surface area contributed by atoms with Crippen molar-refractivity contribution in [3.05, 3.63) is 5.21 Å². The van der Waals surface area contributed by atoms with E-state index >= 15 is 0 Å². The van der Waals surface area contributed by atoms with Crippen molar-refractivity contribution in [1.82, 2.24) is 9.80 Å². The van der Waals surface area contributed by atoms with E-state index in [0.717, 1.165) is 12.5 Å². The highest BCUT2D eigenvalue weighted by atomic mass is 32.2. The second-order valence-corrected chi connectivity index (χ2v) is 48.9. The maximum absolute atomic E-state index is 14.3. The number of sulfone groups is 2. The van der Waals surface area contributed by atoms with Gasteiger partial charge in [0.05, 0.1) is 67.5 Å². The number of esters is 6. The summed E-state index contributed by atoms with van der Waals surface area (Å²) in [4.78, 5) is 169. The number of hydrogen-bond donors (Lipinski definition) is 3. The molecule has 3 N–H and O–H groups in total. The van der Waals surface area contributed by atoms with E-state index in [9.17, 15) is 94.9 Å². The zero-order chi connectivity index (χ0) is 107. The van der Waals surface area contributed by atoms with Crippen LogP contribution in [0.3, 0.4) is 0 Å². The first-order valence-electron chi connectivity index (χ1n) is 49.2. The Morgan fingerprint density at radius 3 is 0.907 bits per heavy atom. The van der Waals surface area contributed by atoms with Gasteiger partial charge in [-0.1, -0.05) is 83.1 Å². The van der Waals surface area contributed by atoms with Gasteiger partial charge in [-0.25, -0.2) is 16.8 Å². The molecule has 9 aliphatic heterocycles. The number of methoxy groups -OCH3 is 3. The molecule has 0 amide bonds. The van der Waals surface area contributed by atoms with E-state index < -0.39 is 307 Å². The predicted octanol–water partition coefficient (Wildman–Crippen LogP) is 7.20. The molecule has 0 aliphatic carbocycles. The summed E-state index contributed by atoms with van der Waals surface area (Å²) in [5, 5.41) is 42.8. The van der Waals surface area contributed by atoms with Crippen molar-refractivity contribution in [2.75, 3.05) is 82.4 Å². The number of ether oxygens (including phenoxy) is 15. The van der Waals surface area contributed by atoms with Crippen LogP contribution < -0.4 is 0 Å². The number of hydroxylamine groups is 3. The van der Waals surface area contributed by atoms with Crippen molar-refractivity contribution < 1.29 is 165 Å². The molecule has 0 aromatic heterocycles. The molecule has 9 rings (SSSR count). The molecule has 0 aromatic carbocycles. The molecule has 0 bridgehead atoms. The maximum Gasteiger partial charge on any atom is 0.325 e. The van der Waals surface area contributed by atoms with Crippen molar-refractivity contribution in [2.45, 2.75) is 384 Å². The van der Waals surface area contributed by atoms with Crippen LogP contribution >= 0.6 is 11.8 Å². The summed E-state index contributed by atoms with van der Waals surface area (Å²) in [6.07, 6.45) is -8.98. The molecule has 9 fully saturated rings. The quantitative estimate of drug-likeness (QED) is 0.0401. The Bertz CT molecular complexity index is 4650. The Morgan fingerprint density at radius 2 is 0.657 bits per heavy atom. The summed E-state index contributed by atoms with van der Waals surface area (Å²) >= 11 is 1.31. The van der Waals surface area contributed by atoms with E-state index in [-0.39, 0.29) is 74.4 Å². The predicted molar refractivity (Wildman–Crippen MR) is 513 cm³/mol. The van der Waals surface area contributed by atoms with Gasteiger partial charge >= 0.3 is 35.8 Å². The second-order valence-electron chi connectivity index (χ2n) is 43.6. The molecule has 804 valence electrons. The number of rotatable bonds is 18. The number of Topliss-reactive ketones (excluding diaryl/α,β-unsaturated/α-hetero) is 6. The first-order valence-corrected chi connectivity index (χ1v) is 54.4. The van der Waals surface area contributed by atoms with Gasteiger partial charge in [0.25, 0.3) is 0 Å². The number of carbonyl (C=O) groups excluding carboxylic acids is 12. The number of ketones is 6. The van der Waals surface area contributed by atoms with E-state index in [1.54, 1.807) is 103 Å². The van der Waals surface area contributed by atoms with E-state index in [4.69, 9.17) is 71.1 Å². The summed E-state index contributed by atoms with van der Waals surface area (Å²) in [6.45, 7) is 39.5. The van der Waals surface area contributed by atoms with Crippen LogP contribution in [0, 0.1) is 94.0 Å². The van der Waals surface area contributed by atoms with Crippen molar-refractivity contribution in [3.8, 4) is 0 Å². The van der Waals surface area contributed by atoms with Gasteiger partial charge in [0, 0.05) is 123 Å². The highest BCUT2D eigenvalue weighted by Gasteiger charge is 2.68. The highest BCUT2D eigenvalue weighted by Crippen LogP contribution is 2.53. The second kappa shape index (κ2) is 46.9. The molecule has 41 heteroatoms. The number of fused-ring (bicyclic) bond motifs is 3. The van der Waals surface area contributed by atoms with Crippen LogP contribution in [0.4, 0.5) is 0 Å². The van der Waals surface area contributed by atoms with E-state index in [1.807, 2.05) is 65.7 Å². The number of cyclic esters (lactones) is 3. The number of aliphatic hydroxyl groups is 3. The summed E-state index contributed by atoms with van der Waals surface area (Å²) in [7, 11) is 6.37. The molecular formula is C99H165N3O35S3. The zero-order valence-electron chi connectivity index (χ0n) is 89.1. The number of aliphatic hydroxyl groups excluding tert-OH is 3. The topological polar surface area (TPSA) is 502 Å². The van der Waals surface area contributed by atoms with Crippen LogP contribution in [0.2, 0.25) is 0 Å². The van der Waals surface area contributed by atoms with Crippen LogP contribution in [-0.2, 0) is 148 Å². The van der Waals surface area contributed by atoms with Gasteiger partial charge in [0.1, 0.15) is 76.9 Å². The van der Waals surface area contributed by atoms with Crippen LogP contribution in [-0.4, -0.2) is 359 Å². The normalized spacial score (nSPS) is 44.7. The standard InChI is InChI=1S/C33H55NO13S.C33H55NO12S.C33H55NO10S/c1-13-22-33(8)23(27(30(39)47-33)48(12,41)42)18(4)24(35)16(2)15-32(7,43-11)28(19(5)25(36)20(6)29(38)45-22)46-31-26(37)21(34(9,10)40)14-17(3)44-31;1-13-22-33(8)23(27(30(39)46-33)47(12,40)41)18(4)24(35)16(2)15-32(7,42-11)28(19(5)25(36)20(6)29(38)44-22)45-31-26(37)21(34(9)10)14-17(3)43-31;1-13-22-33(8)23(27(45-12)30(39)44-33)18(4)24(35)16(2)15-32(7,40-11)28(19(5)25(36)20(6)29(38)42-22)43-31-26(37)21(34(9)10)14-17(3)41-31/h16-23,26-28,31,37H,13-15H2,1-12H3;16-23,26-28,31,37H,13-15H2,1-12H3;16-23,26-28,31,37H,13-15H2,1-12H3/t3*16-,17-,18-,19+,20-,21+,22-,23?,26-,27?,28-,31+,32-,33-/m111/s1. The lowest BCUT2D eigenvalue weighted by Crippen LogP contribution is -2.62. The van der Waals surface area contributed by atoms with Gasteiger partial charge in [-0.05, 0) is 169 Å². The van der Waals surface area contributed by atoms with Crippen LogP contribution in [0.15, 0.2) is 0 Å². The van der Waals surface area contributed by atoms with E-state index in [2.05, 4.69) is 0 Å². The zero-order valence-corrected chi connectivity index (χ0v) is 91.6. The van der Waals surface area contributed by atoms with Gasteiger partial charge in [0.15, 0.2) is 89.3 Å². The molecule has 42 atom stereocenters. The SMILES string of the molecule is CC[C@H]1OC(=O)[C@H](C)C(=O)[C@H](C)[C@@H](O[C@@H]2O[C@H](C)C[C@H](N(C)C)[C@H]2O)[C@](C)(OC)C[C@@H](C)C(=O)[C@H](C)C2C(S(C)(=O)=O)C(=O)O[C@@]21C.CC[C@H]1OC(=O)[C@H](C)C(=O)[C@H](C)[C@@H](O[C@@H]2O[C@H](C)C[C@H](N(C)C)[C@H]2O)[C@](C)(OC)C[C@@H](C)C(=O)[C@H](C)C2C(SC)C(=O)O[C@@]21C.CC[C@H]1OC(=O)[C@H](C)C(=O)[C@H](C)[C@@H](O[C@@H]2O[C@H](C)C[C@H]([N+](C)(C)[O-])[C@H]2O)[C@](C)(OC)C[C@@H](C)C(=O)[C@H](C)C2C(S(C)(=O)=O)C(=O)O[C@@]21C. The van der Waals surface area contributed by atoms with Gasteiger partial charge in [0.2, 0.25) is 0 Å². The van der Waals surface area contributed by atoms with Gasteiger partial charge in [-0.15, -0.1) is 11.8 Å². The van der Waals surface area contributed by atoms with E-state index in [1.165, 1.54) is 88.7 Å². The largest absolute Gasteiger partial charge is 0.633 e. The number of thioether (sulfide) groups is 1. The highest BCUT2D eigenvalue weighted by molar-refractivity contribution is 8.00. The van der Waals surface area contributed by atoms with Crippen molar-refractivity contribution >= 4 is 102 Å². The summed E-state index contributed by atoms with van der Waals surface area (Å²) in [5.74, 6) is -22.3. The van der Waals surface area contributed by atoms with Crippen molar-refractivity contribution in [3.63, 3.8) is 0 Å². The number of hydrogen-bond acceptors (Lipinski definition) is 38. The molecule has 0 radical (unpaired) electrons. The molecule has 6 unspecified atom stereocenters. The van der Waals surface area contributed by atoms with Crippen LogP contribution in [0.25, 0.3) is 0 Å². The third kappa shape index (κ3) is 25.2. The number of quaternary nitrogens is 1. The summed E-state index contributed by atoms with van der Waals surface area (Å²) in [5.41, 5.74) is -8.63. The van der Waals surface area contributed by atoms with E-state index in [0.29, 0.717) is 19.3 Å². The first kappa shape index (κ1) is 121. The Morgan fingerprint density at radius 1 is 0.400 bits per heavy atom. The number of carbonyl (C=O) groups is 12. The minimum absolute atomic E-state index is 0.0161. The molecule has 9 saturated heterocycles. The molecule has 0 aromatic rings. The van der Waals surface area contributed by atoms with Crippen molar-refractivity contribution in [1.29, 1.82) is 0 Å². The smallest absolute Gasteiger partial charge is 0.325 e. The average molecular weight is 2050 g/mol. The Balaban J connectivity index is 0.000000286. The monoisotopic (exact) mass is 2050 g/mol. The number of nitrogens with zero attached hydrogens (tertiary/aromatic N) is 3. The minimum atomic E-state index is -4.09. The lowest BCUT2D eigenvalue weighted by atomic mass is 9.70. The van der Waals surface area contributed by atoms with Gasteiger partial charge < -0.3 is 106 Å². The molecule has 0 spiro atoms. The summed E-state index contributed by atoms with van der Waals surface area (Å²) in [6, 6.07) is -1.38. The number of likely N-dealkylation sites (N-methyl/N-ethyl adjacent to an activating group) is 3. The summed E-state index contributed by atoms with van der Waals surface area (Å²) < 4.78 is 142. The van der Waals surface area contributed by atoms with Crippen LogP contribution in [0.1, 0.15) is 224 Å². The first-order chi connectivity index (χ1) is 64.3. The van der Waals surface area contributed by atoms with Gasteiger partial charge in [-0.3, -0.25) is 57.5 Å². The van der Waals surface area contributed by atoms with Crippen molar-refractivity contribution in [2.24, 2.45) is 88.8 Å². The Hall–Kier alpha value is -5.55. The fourth-order valence-corrected chi connectivity index (χ4v) is 27.9. The lowest BCUT2D eigenvalue weighted by Gasteiger charge is -2.50. The fraction of sp³-hybridized carbons (Fsp3) is 0.879. The van der Waals surface area contributed by atoms with Gasteiger partial charge in [-0.2, -0.15) is 0 Å². The maximum atomic E-state index is 14.3. The third-order valence-corrected chi connectivity index (χ3v) is 36.0. The third-order valence-electron chi connectivity index (χ3n) is 32.2. The molecule has 140 heavy (non-hydrogen) atoms. The molecule has 9 heterocycles. The average Bonchev–Trinajstić information content (AvgIpc) is 1.58. The molecular weight excluding hydrogens is 1890 g/mol. The Labute approximate surface area is 832 Å². The lowest BCUT2D eigenvalue weighted by molar-refractivity contribution is -0.874. The minimum Gasteiger partial charge on any atom is -0.633 e. The fourth-order valence-electron chi connectivity index (χ4n) is 24.0. The molecule has 38 nitrogen and oxygen atoms in total.